The van der Waals surface area contributed by atoms with Crippen molar-refractivity contribution in [1.29, 1.82) is 0 Å². The number of fused-ring (bicyclic) bond motifs is 1. The fourth-order valence-corrected chi connectivity index (χ4v) is 1.50. The third kappa shape index (κ3) is 3.87. The maximum Gasteiger partial charge on any atom is 0.239 e. The highest BCUT2D eigenvalue weighted by atomic mass is 16.1. The van der Waals surface area contributed by atoms with Crippen molar-refractivity contribution in [2.45, 2.75) is 13.8 Å². The van der Waals surface area contributed by atoms with E-state index in [9.17, 15) is 4.79 Å². The predicted octanol–water partition coefficient (Wildman–Crippen LogP) is 1.21. The number of aromatic nitrogens is 3. The average molecular weight is 259 g/mol. The van der Waals surface area contributed by atoms with Crippen molar-refractivity contribution in [1.82, 2.24) is 20.3 Å². The van der Waals surface area contributed by atoms with Crippen LogP contribution in [0.2, 0.25) is 0 Å². The van der Waals surface area contributed by atoms with E-state index in [1.807, 2.05) is 6.07 Å². The van der Waals surface area contributed by atoms with Crippen LogP contribution in [-0.4, -0.2) is 33.9 Å². The standard InChI is InChI=1S/C13H17N5O/c1-9(2)7-17-12(19)8-16-11-4-3-10-13(18-11)15-6-5-14-10/h3-6,9H,7-8H2,1-2H3,(H,17,19)(H,15,16,18). The van der Waals surface area contributed by atoms with Crippen LogP contribution in [0.15, 0.2) is 24.5 Å². The van der Waals surface area contributed by atoms with E-state index in [4.69, 9.17) is 0 Å². The summed E-state index contributed by atoms with van der Waals surface area (Å²) in [4.78, 5) is 24.1. The Morgan fingerprint density at radius 2 is 2.05 bits per heavy atom. The van der Waals surface area contributed by atoms with Crippen LogP contribution >= 0.6 is 0 Å². The molecule has 0 unspecified atom stereocenters. The number of amides is 1. The molecule has 0 fully saturated rings. The van der Waals surface area contributed by atoms with Gasteiger partial charge >= 0.3 is 0 Å². The Labute approximate surface area is 111 Å². The molecular formula is C13H17N5O. The van der Waals surface area contributed by atoms with Gasteiger partial charge in [-0.1, -0.05) is 13.8 Å². The Bertz CT molecular complexity index is 570. The van der Waals surface area contributed by atoms with E-state index >= 15 is 0 Å². The normalized spacial score (nSPS) is 10.7. The Morgan fingerprint density at radius 3 is 2.84 bits per heavy atom. The summed E-state index contributed by atoms with van der Waals surface area (Å²) in [7, 11) is 0. The first kappa shape index (κ1) is 13.2. The van der Waals surface area contributed by atoms with E-state index < -0.39 is 0 Å². The lowest BCUT2D eigenvalue weighted by Gasteiger charge is -2.09. The molecule has 0 aliphatic carbocycles. The number of hydrogen-bond acceptors (Lipinski definition) is 5. The molecule has 6 heteroatoms. The van der Waals surface area contributed by atoms with Gasteiger partial charge in [-0.15, -0.1) is 0 Å². The van der Waals surface area contributed by atoms with Gasteiger partial charge in [0.2, 0.25) is 5.91 Å². The number of rotatable bonds is 5. The van der Waals surface area contributed by atoms with Crippen LogP contribution in [0.3, 0.4) is 0 Å². The number of hydrogen-bond donors (Lipinski definition) is 2. The van der Waals surface area contributed by atoms with Crippen LogP contribution in [0.25, 0.3) is 11.2 Å². The van der Waals surface area contributed by atoms with Gasteiger partial charge in [0.1, 0.15) is 11.3 Å². The maximum atomic E-state index is 11.6. The molecule has 19 heavy (non-hydrogen) atoms. The van der Waals surface area contributed by atoms with Crippen LogP contribution < -0.4 is 10.6 Å². The molecule has 0 radical (unpaired) electrons. The van der Waals surface area contributed by atoms with Gasteiger partial charge < -0.3 is 10.6 Å². The molecule has 0 bridgehead atoms. The largest absolute Gasteiger partial charge is 0.361 e. The summed E-state index contributed by atoms with van der Waals surface area (Å²) in [5, 5.41) is 5.80. The third-order valence-corrected chi connectivity index (χ3v) is 2.47. The first-order valence-electron chi connectivity index (χ1n) is 6.23. The second-order valence-electron chi connectivity index (χ2n) is 4.65. The number of pyridine rings is 1. The SMILES string of the molecule is CC(C)CNC(=O)CNc1ccc2nccnc2n1. The van der Waals surface area contributed by atoms with Gasteiger partial charge in [0, 0.05) is 18.9 Å². The summed E-state index contributed by atoms with van der Waals surface area (Å²) >= 11 is 0. The molecule has 0 spiro atoms. The van der Waals surface area contributed by atoms with Crippen molar-refractivity contribution < 1.29 is 4.79 Å². The van der Waals surface area contributed by atoms with Crippen molar-refractivity contribution in [3.05, 3.63) is 24.5 Å². The van der Waals surface area contributed by atoms with Gasteiger partial charge in [-0.3, -0.25) is 9.78 Å². The molecule has 0 atom stereocenters. The van der Waals surface area contributed by atoms with E-state index in [2.05, 4.69) is 39.4 Å². The highest BCUT2D eigenvalue weighted by Crippen LogP contribution is 2.09. The summed E-state index contributed by atoms with van der Waals surface area (Å²) in [5.74, 6) is 1.01. The summed E-state index contributed by atoms with van der Waals surface area (Å²) in [6, 6.07) is 3.61. The number of carbonyl (C=O) groups excluding carboxylic acids is 1. The molecule has 6 nitrogen and oxygen atoms in total. The topological polar surface area (TPSA) is 79.8 Å². The zero-order valence-electron chi connectivity index (χ0n) is 11.1. The van der Waals surface area contributed by atoms with Gasteiger partial charge in [0.15, 0.2) is 5.65 Å². The lowest BCUT2D eigenvalue weighted by Crippen LogP contribution is -2.32. The minimum atomic E-state index is -0.0465. The van der Waals surface area contributed by atoms with Crippen LogP contribution in [0.1, 0.15) is 13.8 Å². The summed E-state index contributed by atoms with van der Waals surface area (Å²) in [6.45, 7) is 4.98. The van der Waals surface area contributed by atoms with Crippen LogP contribution in [-0.2, 0) is 4.79 Å². The van der Waals surface area contributed by atoms with E-state index in [0.29, 0.717) is 23.9 Å². The molecule has 2 rings (SSSR count). The van der Waals surface area contributed by atoms with Gasteiger partial charge in [0.05, 0.1) is 6.54 Å². The van der Waals surface area contributed by atoms with E-state index in [-0.39, 0.29) is 12.5 Å². The molecule has 2 aromatic rings. The maximum absolute atomic E-state index is 11.6. The van der Waals surface area contributed by atoms with Crippen molar-refractivity contribution in [3.8, 4) is 0 Å². The number of nitrogens with one attached hydrogen (secondary N) is 2. The van der Waals surface area contributed by atoms with Gasteiger partial charge in [0.25, 0.3) is 0 Å². The van der Waals surface area contributed by atoms with E-state index in [1.54, 1.807) is 18.5 Å². The fraction of sp³-hybridized carbons (Fsp3) is 0.385. The van der Waals surface area contributed by atoms with Crippen LogP contribution in [0.4, 0.5) is 5.82 Å². The zero-order chi connectivity index (χ0) is 13.7. The smallest absolute Gasteiger partial charge is 0.239 e. The number of carbonyl (C=O) groups is 1. The number of anilines is 1. The molecule has 0 aliphatic heterocycles. The molecule has 0 saturated carbocycles. The van der Waals surface area contributed by atoms with E-state index in [1.165, 1.54) is 0 Å². The quantitative estimate of drug-likeness (QED) is 0.843. The van der Waals surface area contributed by atoms with Gasteiger partial charge in [-0.05, 0) is 18.1 Å². The minimum absolute atomic E-state index is 0.0465. The lowest BCUT2D eigenvalue weighted by molar-refractivity contribution is -0.119. The van der Waals surface area contributed by atoms with Gasteiger partial charge in [-0.25, -0.2) is 9.97 Å². The van der Waals surface area contributed by atoms with Crippen molar-refractivity contribution in [3.63, 3.8) is 0 Å². The minimum Gasteiger partial charge on any atom is -0.361 e. The first-order chi connectivity index (χ1) is 9.15. The molecular weight excluding hydrogens is 242 g/mol. The molecule has 0 aromatic carbocycles. The molecule has 100 valence electrons. The second-order valence-corrected chi connectivity index (χ2v) is 4.65. The summed E-state index contributed by atoms with van der Waals surface area (Å²) in [5.41, 5.74) is 1.30. The molecule has 2 aromatic heterocycles. The zero-order valence-corrected chi connectivity index (χ0v) is 11.1. The van der Waals surface area contributed by atoms with Gasteiger partial charge in [-0.2, -0.15) is 0 Å². The van der Waals surface area contributed by atoms with E-state index in [0.717, 1.165) is 5.52 Å². The highest BCUT2D eigenvalue weighted by molar-refractivity contribution is 5.81. The molecule has 0 saturated heterocycles. The summed E-state index contributed by atoms with van der Waals surface area (Å²) < 4.78 is 0. The Hall–Kier alpha value is -2.24. The molecule has 0 aliphatic rings. The first-order valence-corrected chi connectivity index (χ1v) is 6.23. The predicted molar refractivity (Wildman–Crippen MR) is 73.7 cm³/mol. The van der Waals surface area contributed by atoms with Crippen LogP contribution in [0.5, 0.6) is 0 Å². The van der Waals surface area contributed by atoms with Crippen molar-refractivity contribution in [2.24, 2.45) is 5.92 Å². The summed E-state index contributed by atoms with van der Waals surface area (Å²) in [6.07, 6.45) is 3.21. The Morgan fingerprint density at radius 1 is 1.26 bits per heavy atom. The second kappa shape index (κ2) is 6.08. The lowest BCUT2D eigenvalue weighted by atomic mass is 10.2. The third-order valence-electron chi connectivity index (χ3n) is 2.47. The highest BCUT2D eigenvalue weighted by Gasteiger charge is 2.04. The number of nitrogens with zero attached hydrogens (tertiary/aromatic N) is 3. The monoisotopic (exact) mass is 259 g/mol. The van der Waals surface area contributed by atoms with Crippen LogP contribution in [0, 0.1) is 5.92 Å². The van der Waals surface area contributed by atoms with Crippen molar-refractivity contribution in [2.75, 3.05) is 18.4 Å². The average Bonchev–Trinajstić information content (AvgIpc) is 2.42. The Balaban J connectivity index is 1.92. The Kier molecular flexibility index (Phi) is 4.22. The molecule has 2 N–H and O–H groups in total. The molecule has 2 heterocycles. The molecule has 1 amide bonds. The fourth-order valence-electron chi connectivity index (χ4n) is 1.50. The van der Waals surface area contributed by atoms with Crippen molar-refractivity contribution >= 4 is 22.9 Å².